The Bertz CT molecular complexity index is 489. The van der Waals surface area contributed by atoms with Crippen LogP contribution in [0, 0.1) is 17.8 Å². The molecule has 2 fully saturated rings. The maximum atomic E-state index is 11.8. The largest absolute Gasteiger partial charge is 0.481 e. The van der Waals surface area contributed by atoms with Gasteiger partial charge in [-0.05, 0) is 17.4 Å². The molecule has 1 saturated carbocycles. The maximum Gasteiger partial charge on any atom is 0.410 e. The number of benzene rings is 1. The third-order valence-corrected chi connectivity index (χ3v) is 3.94. The molecule has 0 radical (unpaired) electrons. The molecule has 5 nitrogen and oxygen atoms in total. The normalized spacial score (nSPS) is 27.8. The van der Waals surface area contributed by atoms with Gasteiger partial charge in [-0.2, -0.15) is 0 Å². The third kappa shape index (κ3) is 2.28. The predicted octanol–water partition coefficient (Wildman–Crippen LogP) is 1.59. The fourth-order valence-corrected chi connectivity index (χ4v) is 2.85. The number of carboxylic acids is 1. The smallest absolute Gasteiger partial charge is 0.410 e. The van der Waals surface area contributed by atoms with Crippen molar-refractivity contribution < 1.29 is 19.4 Å². The minimum Gasteiger partial charge on any atom is -0.481 e. The number of hydrogen-bond donors (Lipinski definition) is 1. The third-order valence-electron chi connectivity index (χ3n) is 3.94. The van der Waals surface area contributed by atoms with Crippen LogP contribution in [0.5, 0.6) is 0 Å². The number of hydrogen-bond acceptors (Lipinski definition) is 3. The molecule has 2 atom stereocenters. The van der Waals surface area contributed by atoms with E-state index in [1.54, 1.807) is 4.90 Å². The summed E-state index contributed by atoms with van der Waals surface area (Å²) in [5, 5.41) is 8.90. The Morgan fingerprint density at radius 2 is 1.84 bits per heavy atom. The molecular formula is C14H15NO4. The molecule has 1 amide bonds. The van der Waals surface area contributed by atoms with Gasteiger partial charge >= 0.3 is 12.1 Å². The minimum absolute atomic E-state index is 0.127. The van der Waals surface area contributed by atoms with E-state index in [2.05, 4.69) is 0 Å². The van der Waals surface area contributed by atoms with E-state index in [4.69, 9.17) is 9.84 Å². The molecule has 1 aliphatic carbocycles. The van der Waals surface area contributed by atoms with E-state index in [-0.39, 0.29) is 30.5 Å². The predicted molar refractivity (Wildman–Crippen MR) is 66.3 cm³/mol. The first kappa shape index (κ1) is 12.0. The number of carboxylic acid groups (broad SMARTS) is 1. The average molecular weight is 261 g/mol. The summed E-state index contributed by atoms with van der Waals surface area (Å²) in [6, 6.07) is 9.49. The van der Waals surface area contributed by atoms with Gasteiger partial charge < -0.3 is 14.7 Å². The van der Waals surface area contributed by atoms with Crippen LogP contribution in [0.4, 0.5) is 4.79 Å². The molecule has 3 rings (SSSR count). The Morgan fingerprint density at radius 3 is 2.42 bits per heavy atom. The van der Waals surface area contributed by atoms with E-state index in [0.29, 0.717) is 13.1 Å². The zero-order valence-electron chi connectivity index (χ0n) is 10.4. The first-order valence-electron chi connectivity index (χ1n) is 6.35. The fraction of sp³-hybridized carbons (Fsp3) is 0.429. The van der Waals surface area contributed by atoms with E-state index in [1.165, 1.54) is 0 Å². The number of aliphatic carboxylic acids is 1. The van der Waals surface area contributed by atoms with Crippen molar-refractivity contribution in [2.45, 2.75) is 6.61 Å². The molecule has 0 spiro atoms. The highest BCUT2D eigenvalue weighted by Crippen LogP contribution is 2.51. The first-order valence-corrected chi connectivity index (χ1v) is 6.35. The summed E-state index contributed by atoms with van der Waals surface area (Å²) in [5.74, 6) is -0.742. The van der Waals surface area contributed by atoms with Crippen LogP contribution in [-0.4, -0.2) is 35.2 Å². The monoisotopic (exact) mass is 261 g/mol. The Hall–Kier alpha value is -2.04. The lowest BCUT2D eigenvalue weighted by Crippen LogP contribution is -2.32. The molecule has 0 bridgehead atoms. The maximum absolute atomic E-state index is 11.8. The van der Waals surface area contributed by atoms with Crippen molar-refractivity contribution in [3.8, 4) is 0 Å². The van der Waals surface area contributed by atoms with Crippen LogP contribution in [0.15, 0.2) is 30.3 Å². The number of rotatable bonds is 3. The summed E-state index contributed by atoms with van der Waals surface area (Å²) in [6.45, 7) is 1.28. The standard InChI is InChI=1S/C14H15NO4/c16-13(17)12-10-6-15(7-11(10)12)14(18)19-8-9-4-2-1-3-5-9/h1-5,10-12H,6-8H2,(H,16,17). The van der Waals surface area contributed by atoms with Crippen molar-refractivity contribution in [1.29, 1.82) is 0 Å². The van der Waals surface area contributed by atoms with E-state index in [9.17, 15) is 9.59 Å². The van der Waals surface area contributed by atoms with Crippen LogP contribution in [0.25, 0.3) is 0 Å². The zero-order valence-corrected chi connectivity index (χ0v) is 10.4. The number of carbonyl (C=O) groups excluding carboxylic acids is 1. The van der Waals surface area contributed by atoms with E-state index in [0.717, 1.165) is 5.56 Å². The molecule has 100 valence electrons. The van der Waals surface area contributed by atoms with Gasteiger partial charge in [0, 0.05) is 13.1 Å². The molecule has 2 unspecified atom stereocenters. The van der Waals surface area contributed by atoms with Crippen molar-refractivity contribution in [1.82, 2.24) is 4.90 Å². The number of fused-ring (bicyclic) bond motifs is 1. The van der Waals surface area contributed by atoms with Gasteiger partial charge in [-0.15, -0.1) is 0 Å². The summed E-state index contributed by atoms with van der Waals surface area (Å²) in [7, 11) is 0. The van der Waals surface area contributed by atoms with E-state index >= 15 is 0 Å². The second-order valence-corrected chi connectivity index (χ2v) is 5.14. The Morgan fingerprint density at radius 1 is 1.21 bits per heavy atom. The molecule has 1 aromatic carbocycles. The number of ether oxygens (including phenoxy) is 1. The molecule has 1 aliphatic heterocycles. The van der Waals surface area contributed by atoms with E-state index in [1.807, 2.05) is 30.3 Å². The SMILES string of the molecule is O=C(O)C1C2CN(C(=O)OCc3ccccc3)CC21. The second-order valence-electron chi connectivity index (χ2n) is 5.14. The number of amides is 1. The topological polar surface area (TPSA) is 66.8 Å². The van der Waals surface area contributed by atoms with Crippen molar-refractivity contribution in [2.24, 2.45) is 17.8 Å². The van der Waals surface area contributed by atoms with Crippen LogP contribution in [-0.2, 0) is 16.1 Å². The van der Waals surface area contributed by atoms with Crippen LogP contribution in [0.1, 0.15) is 5.56 Å². The first-order chi connectivity index (χ1) is 9.16. The Labute approximate surface area is 110 Å². The van der Waals surface area contributed by atoms with Gasteiger partial charge in [0.25, 0.3) is 0 Å². The van der Waals surface area contributed by atoms with Crippen LogP contribution in [0.2, 0.25) is 0 Å². The summed E-state index contributed by atoms with van der Waals surface area (Å²) in [5.41, 5.74) is 0.948. The Balaban J connectivity index is 1.47. The van der Waals surface area contributed by atoms with Crippen molar-refractivity contribution in [3.63, 3.8) is 0 Å². The molecule has 1 N–H and O–H groups in total. The molecule has 1 heterocycles. The van der Waals surface area contributed by atoms with Crippen molar-refractivity contribution >= 4 is 12.1 Å². The number of likely N-dealkylation sites (tertiary alicyclic amines) is 1. The molecule has 1 aromatic rings. The van der Waals surface area contributed by atoms with Gasteiger partial charge in [0.15, 0.2) is 0 Å². The summed E-state index contributed by atoms with van der Waals surface area (Å²) in [4.78, 5) is 24.3. The van der Waals surface area contributed by atoms with Gasteiger partial charge in [-0.1, -0.05) is 30.3 Å². The lowest BCUT2D eigenvalue weighted by molar-refractivity contribution is -0.139. The molecule has 5 heteroatoms. The fourth-order valence-electron chi connectivity index (χ4n) is 2.85. The molecule has 1 saturated heterocycles. The summed E-state index contributed by atoms with van der Waals surface area (Å²) >= 11 is 0. The molecular weight excluding hydrogens is 246 g/mol. The quantitative estimate of drug-likeness (QED) is 0.897. The van der Waals surface area contributed by atoms with Crippen LogP contribution in [0.3, 0.4) is 0 Å². The van der Waals surface area contributed by atoms with Gasteiger partial charge in [0.1, 0.15) is 6.61 Å². The number of piperidine rings is 1. The number of carbonyl (C=O) groups is 2. The lowest BCUT2D eigenvalue weighted by Gasteiger charge is -2.18. The van der Waals surface area contributed by atoms with Gasteiger partial charge in [-0.25, -0.2) is 4.79 Å². The summed E-state index contributed by atoms with van der Waals surface area (Å²) in [6.07, 6.45) is -0.347. The second kappa shape index (κ2) is 4.57. The van der Waals surface area contributed by atoms with Crippen LogP contribution >= 0.6 is 0 Å². The highest BCUT2D eigenvalue weighted by molar-refractivity contribution is 5.76. The number of nitrogens with zero attached hydrogens (tertiary/aromatic N) is 1. The molecule has 2 aliphatic rings. The summed E-state index contributed by atoms with van der Waals surface area (Å²) < 4.78 is 5.22. The molecule has 19 heavy (non-hydrogen) atoms. The molecule has 0 aromatic heterocycles. The zero-order chi connectivity index (χ0) is 13.4. The minimum atomic E-state index is -0.743. The Kier molecular flexibility index (Phi) is 2.89. The average Bonchev–Trinajstić information content (AvgIpc) is 2.93. The highest BCUT2D eigenvalue weighted by Gasteiger charge is 2.60. The lowest BCUT2D eigenvalue weighted by atomic mass is 10.2. The van der Waals surface area contributed by atoms with Gasteiger partial charge in [0.2, 0.25) is 0 Å². The van der Waals surface area contributed by atoms with E-state index < -0.39 is 5.97 Å². The highest BCUT2D eigenvalue weighted by atomic mass is 16.6. The van der Waals surface area contributed by atoms with Crippen molar-refractivity contribution in [3.05, 3.63) is 35.9 Å². The van der Waals surface area contributed by atoms with Crippen LogP contribution < -0.4 is 0 Å². The van der Waals surface area contributed by atoms with Gasteiger partial charge in [0.05, 0.1) is 5.92 Å². The van der Waals surface area contributed by atoms with Crippen molar-refractivity contribution in [2.75, 3.05) is 13.1 Å². The van der Waals surface area contributed by atoms with Gasteiger partial charge in [-0.3, -0.25) is 4.79 Å².